The van der Waals surface area contributed by atoms with Gasteiger partial charge in [-0.05, 0) is 6.42 Å². The molecule has 0 aliphatic rings. The monoisotopic (exact) mass is 550 g/mol. The van der Waals surface area contributed by atoms with Gasteiger partial charge in [-0.1, -0.05) is 110 Å². The van der Waals surface area contributed by atoms with Gasteiger partial charge in [0.05, 0.1) is 34.4 Å². The van der Waals surface area contributed by atoms with Crippen LogP contribution < -0.4 is 10.2 Å². The van der Waals surface area contributed by atoms with Crippen LogP contribution in [0.5, 0.6) is 0 Å². The van der Waals surface area contributed by atoms with Crippen molar-refractivity contribution in [3.05, 3.63) is 0 Å². The molecule has 37 heavy (non-hydrogen) atoms. The number of hydrogen-bond donors (Lipinski definition) is 1. The van der Waals surface area contributed by atoms with Crippen LogP contribution in [-0.2, 0) is 18.3 Å². The fourth-order valence-electron chi connectivity index (χ4n) is 4.12. The van der Waals surface area contributed by atoms with Gasteiger partial charge in [0, 0.05) is 13.0 Å². The Balaban J connectivity index is 3.94. The lowest BCUT2D eigenvalue weighted by molar-refractivity contribution is -0.870. The highest BCUT2D eigenvalue weighted by molar-refractivity contribution is 7.45. The Labute approximate surface area is 228 Å². The van der Waals surface area contributed by atoms with Crippen molar-refractivity contribution in [3.8, 4) is 0 Å². The molecule has 0 saturated heterocycles. The lowest BCUT2D eigenvalue weighted by Crippen LogP contribution is -2.37. The van der Waals surface area contributed by atoms with Gasteiger partial charge >= 0.3 is 6.09 Å². The van der Waals surface area contributed by atoms with Crippen molar-refractivity contribution in [1.29, 1.82) is 0 Å². The zero-order valence-corrected chi connectivity index (χ0v) is 25.7. The highest BCUT2D eigenvalue weighted by Gasteiger charge is 2.18. The Bertz CT molecular complexity index is 586. The molecule has 1 N–H and O–H groups in total. The predicted molar refractivity (Wildman–Crippen MR) is 150 cm³/mol. The number of nitrogens with zero attached hydrogens (tertiary/aromatic N) is 1. The third-order valence-corrected chi connectivity index (χ3v) is 7.56. The lowest BCUT2D eigenvalue weighted by Gasteiger charge is -2.28. The Hall–Kier alpha value is -0.660. The second-order valence-corrected chi connectivity index (χ2v) is 12.8. The molecular weight excluding hydrogens is 491 g/mol. The SMILES string of the molecule is CCCCCCCCCCCCCCCCCCC(COC(=O)NC)COP(=O)([O-])OCC[N+](C)(C)C. The molecule has 0 spiro atoms. The average molecular weight is 551 g/mol. The summed E-state index contributed by atoms with van der Waals surface area (Å²) in [5, 5.41) is 2.41. The molecule has 2 unspecified atom stereocenters. The number of amides is 1. The smallest absolute Gasteiger partial charge is 0.406 e. The van der Waals surface area contributed by atoms with E-state index in [0.29, 0.717) is 11.0 Å². The van der Waals surface area contributed by atoms with E-state index in [1.807, 2.05) is 21.1 Å². The number of alkyl carbamates (subject to hydrolysis) is 1. The van der Waals surface area contributed by atoms with E-state index in [1.54, 1.807) is 0 Å². The van der Waals surface area contributed by atoms with Gasteiger partial charge < -0.3 is 28.5 Å². The Kier molecular flexibility index (Phi) is 22.8. The van der Waals surface area contributed by atoms with Crippen molar-refractivity contribution in [3.63, 3.8) is 0 Å². The summed E-state index contributed by atoms with van der Waals surface area (Å²) in [4.78, 5) is 23.6. The van der Waals surface area contributed by atoms with Gasteiger partial charge in [0.2, 0.25) is 0 Å². The largest absolute Gasteiger partial charge is 0.756 e. The van der Waals surface area contributed by atoms with Gasteiger partial charge in [-0.15, -0.1) is 0 Å². The van der Waals surface area contributed by atoms with Crippen LogP contribution in [0.4, 0.5) is 4.79 Å². The third-order valence-electron chi connectivity index (χ3n) is 6.60. The maximum absolute atomic E-state index is 12.1. The highest BCUT2D eigenvalue weighted by Crippen LogP contribution is 2.39. The molecule has 0 fully saturated rings. The van der Waals surface area contributed by atoms with Crippen LogP contribution in [0.3, 0.4) is 0 Å². The van der Waals surface area contributed by atoms with E-state index < -0.39 is 13.9 Å². The molecular formula is C28H59N2O6P. The summed E-state index contributed by atoms with van der Waals surface area (Å²) in [7, 11) is 3.01. The summed E-state index contributed by atoms with van der Waals surface area (Å²) in [6.45, 7) is 2.97. The number of rotatable bonds is 26. The molecule has 0 bridgehead atoms. The molecule has 8 nitrogen and oxygen atoms in total. The second kappa shape index (κ2) is 23.2. The van der Waals surface area contributed by atoms with Crippen LogP contribution in [0, 0.1) is 5.92 Å². The van der Waals surface area contributed by atoms with Crippen LogP contribution in [0.25, 0.3) is 0 Å². The number of unbranched alkanes of at least 4 members (excludes halogenated alkanes) is 15. The van der Waals surface area contributed by atoms with Gasteiger partial charge in [-0.2, -0.15) is 0 Å². The normalized spacial score (nSPS) is 14.3. The minimum atomic E-state index is -4.38. The first-order valence-electron chi connectivity index (χ1n) is 14.8. The first kappa shape index (κ1) is 36.3. The number of phosphoric acid groups is 1. The van der Waals surface area contributed by atoms with Crippen molar-refractivity contribution in [2.45, 2.75) is 116 Å². The molecule has 0 aromatic heterocycles. The van der Waals surface area contributed by atoms with Crippen molar-refractivity contribution in [2.75, 3.05) is 54.6 Å². The molecule has 0 rings (SSSR count). The number of ether oxygens (including phenoxy) is 1. The van der Waals surface area contributed by atoms with Gasteiger partial charge in [0.25, 0.3) is 7.82 Å². The number of nitrogens with one attached hydrogen (secondary N) is 1. The first-order valence-corrected chi connectivity index (χ1v) is 16.3. The summed E-state index contributed by atoms with van der Waals surface area (Å²) in [6, 6.07) is 0. The second-order valence-electron chi connectivity index (χ2n) is 11.4. The van der Waals surface area contributed by atoms with Crippen LogP contribution in [0.1, 0.15) is 116 Å². The molecule has 0 saturated carbocycles. The van der Waals surface area contributed by atoms with Crippen molar-refractivity contribution in [2.24, 2.45) is 5.92 Å². The van der Waals surface area contributed by atoms with Crippen LogP contribution in [-0.4, -0.2) is 65.1 Å². The molecule has 0 aromatic carbocycles. The van der Waals surface area contributed by atoms with E-state index in [2.05, 4.69) is 12.2 Å². The lowest BCUT2D eigenvalue weighted by atomic mass is 10.0. The summed E-state index contributed by atoms with van der Waals surface area (Å²) in [5.41, 5.74) is 0. The maximum atomic E-state index is 12.1. The Morgan fingerprint density at radius 1 is 0.784 bits per heavy atom. The third kappa shape index (κ3) is 26.7. The number of hydrogen-bond acceptors (Lipinski definition) is 6. The van der Waals surface area contributed by atoms with Gasteiger partial charge in [0.15, 0.2) is 0 Å². The molecule has 1 amide bonds. The molecule has 222 valence electrons. The van der Waals surface area contributed by atoms with Crippen molar-refractivity contribution >= 4 is 13.9 Å². The molecule has 2 atom stereocenters. The predicted octanol–water partition coefficient (Wildman–Crippen LogP) is 6.82. The standard InChI is InChI=1S/C28H59N2O6P/c1-6-7-8-9-10-11-12-13-14-15-16-17-18-19-20-21-22-27(25-34-28(31)29-2)26-36-37(32,33)35-24-23-30(3,4)5/h27H,6-26H2,1-5H3,(H-,29,31,32,33). The Morgan fingerprint density at radius 3 is 1.68 bits per heavy atom. The summed E-state index contributed by atoms with van der Waals surface area (Å²) >= 11 is 0. The average Bonchev–Trinajstić information content (AvgIpc) is 2.83. The maximum Gasteiger partial charge on any atom is 0.406 e. The molecule has 0 aliphatic carbocycles. The van der Waals surface area contributed by atoms with Crippen LogP contribution >= 0.6 is 7.82 Å². The van der Waals surface area contributed by atoms with E-state index >= 15 is 0 Å². The van der Waals surface area contributed by atoms with Crippen molar-refractivity contribution in [1.82, 2.24) is 5.32 Å². The van der Waals surface area contributed by atoms with Gasteiger partial charge in [-0.25, -0.2) is 4.79 Å². The van der Waals surface area contributed by atoms with E-state index in [9.17, 15) is 14.3 Å². The topological polar surface area (TPSA) is 96.9 Å². The summed E-state index contributed by atoms with van der Waals surface area (Å²) < 4.78 is 27.9. The minimum Gasteiger partial charge on any atom is -0.756 e. The molecule has 0 heterocycles. The number of likely N-dealkylation sites (N-methyl/N-ethyl adjacent to an activating group) is 1. The van der Waals surface area contributed by atoms with E-state index in [4.69, 9.17) is 13.8 Å². The highest BCUT2D eigenvalue weighted by atomic mass is 31.2. The van der Waals surface area contributed by atoms with Gasteiger partial charge in [-0.3, -0.25) is 4.57 Å². The number of carbonyl (C=O) groups is 1. The van der Waals surface area contributed by atoms with Crippen molar-refractivity contribution < 1.29 is 32.5 Å². The number of carbonyl (C=O) groups excluding carboxylic acids is 1. The summed E-state index contributed by atoms with van der Waals surface area (Å²) in [6.07, 6.45) is 21.1. The van der Waals surface area contributed by atoms with E-state index in [0.717, 1.165) is 19.3 Å². The van der Waals surface area contributed by atoms with Crippen LogP contribution in [0.15, 0.2) is 0 Å². The summed E-state index contributed by atoms with van der Waals surface area (Å²) in [5.74, 6) is -0.187. The van der Waals surface area contributed by atoms with Gasteiger partial charge in [0.1, 0.15) is 13.2 Å². The Morgan fingerprint density at radius 2 is 1.24 bits per heavy atom. The van der Waals surface area contributed by atoms with E-state index in [-0.39, 0.29) is 25.7 Å². The van der Waals surface area contributed by atoms with E-state index in [1.165, 1.54) is 96.9 Å². The quantitative estimate of drug-likeness (QED) is 0.0721. The molecule has 0 aliphatic heterocycles. The first-order chi connectivity index (χ1) is 17.6. The molecule has 9 heteroatoms. The zero-order valence-electron chi connectivity index (χ0n) is 24.8. The number of phosphoric ester groups is 1. The molecule has 0 radical (unpaired) electrons. The van der Waals surface area contributed by atoms with Crippen LogP contribution in [0.2, 0.25) is 0 Å². The number of quaternary nitrogens is 1. The fourth-order valence-corrected chi connectivity index (χ4v) is 4.90. The molecule has 0 aromatic rings. The zero-order chi connectivity index (χ0) is 27.8. The minimum absolute atomic E-state index is 0.0408. The fraction of sp³-hybridized carbons (Fsp3) is 0.964.